The van der Waals surface area contributed by atoms with Crippen LogP contribution in [0.4, 0.5) is 10.3 Å². The van der Waals surface area contributed by atoms with E-state index in [1.165, 1.54) is 27.8 Å². The summed E-state index contributed by atoms with van der Waals surface area (Å²) in [7, 11) is 0. The van der Waals surface area contributed by atoms with Gasteiger partial charge in [-0.05, 0) is 30.7 Å². The number of carbonyl (C=O) groups excluding carboxylic acids is 1. The predicted molar refractivity (Wildman–Crippen MR) is 86.1 cm³/mol. The molecule has 0 bridgehead atoms. The van der Waals surface area contributed by atoms with Gasteiger partial charge >= 0.3 is 0 Å². The number of amides is 1. The van der Waals surface area contributed by atoms with Gasteiger partial charge in [-0.2, -0.15) is 5.10 Å². The maximum Gasteiger partial charge on any atom is 0.248 e. The molecule has 1 aromatic carbocycles. The molecule has 3 aromatic rings. The minimum atomic E-state index is -0.399. The van der Waals surface area contributed by atoms with Crippen LogP contribution in [0.25, 0.3) is 0 Å². The van der Waals surface area contributed by atoms with Crippen LogP contribution >= 0.6 is 11.6 Å². The molecule has 2 heterocycles. The first-order chi connectivity index (χ1) is 11.5. The minimum Gasteiger partial charge on any atom is -0.292 e. The van der Waals surface area contributed by atoms with Crippen molar-refractivity contribution in [3.8, 4) is 0 Å². The first-order valence-corrected chi connectivity index (χ1v) is 7.51. The normalized spacial score (nSPS) is 10.8. The number of carbonyl (C=O) groups is 1. The Balaban J connectivity index is 1.61. The molecule has 0 radical (unpaired) electrons. The SMILES string of the molecule is Cc1ccn(CC(=O)Nc2ncn(Cc3ccc(F)cc3Cl)n2)n1. The number of benzene rings is 1. The van der Waals surface area contributed by atoms with Gasteiger partial charge in [0.1, 0.15) is 18.7 Å². The largest absolute Gasteiger partial charge is 0.292 e. The third-order valence-electron chi connectivity index (χ3n) is 3.21. The van der Waals surface area contributed by atoms with Crippen LogP contribution in [0, 0.1) is 12.7 Å². The van der Waals surface area contributed by atoms with E-state index in [0.717, 1.165) is 5.69 Å². The quantitative estimate of drug-likeness (QED) is 0.767. The van der Waals surface area contributed by atoms with Crippen molar-refractivity contribution in [3.05, 3.63) is 58.9 Å². The fourth-order valence-corrected chi connectivity index (χ4v) is 2.34. The van der Waals surface area contributed by atoms with Gasteiger partial charge in [-0.3, -0.25) is 14.8 Å². The van der Waals surface area contributed by atoms with Gasteiger partial charge in [0.15, 0.2) is 0 Å². The van der Waals surface area contributed by atoms with Crippen molar-refractivity contribution in [3.63, 3.8) is 0 Å². The van der Waals surface area contributed by atoms with Crippen LogP contribution in [0.3, 0.4) is 0 Å². The van der Waals surface area contributed by atoms with E-state index < -0.39 is 5.82 Å². The van der Waals surface area contributed by atoms with Crippen LogP contribution in [0.5, 0.6) is 0 Å². The fraction of sp³-hybridized carbons (Fsp3) is 0.200. The maximum absolute atomic E-state index is 13.0. The smallest absolute Gasteiger partial charge is 0.248 e. The molecule has 0 saturated heterocycles. The summed E-state index contributed by atoms with van der Waals surface area (Å²) < 4.78 is 16.1. The van der Waals surface area contributed by atoms with E-state index in [9.17, 15) is 9.18 Å². The Hall–Kier alpha value is -2.74. The van der Waals surface area contributed by atoms with Gasteiger partial charge in [-0.15, -0.1) is 5.10 Å². The lowest BCUT2D eigenvalue weighted by molar-refractivity contribution is -0.116. The van der Waals surface area contributed by atoms with Crippen molar-refractivity contribution in [2.75, 3.05) is 5.32 Å². The van der Waals surface area contributed by atoms with Gasteiger partial charge < -0.3 is 0 Å². The van der Waals surface area contributed by atoms with Gasteiger partial charge in [0.25, 0.3) is 0 Å². The number of aryl methyl sites for hydroxylation is 1. The van der Waals surface area contributed by atoms with Crippen molar-refractivity contribution < 1.29 is 9.18 Å². The Morgan fingerprint density at radius 3 is 2.83 bits per heavy atom. The molecule has 0 atom stereocenters. The zero-order chi connectivity index (χ0) is 17.1. The third-order valence-corrected chi connectivity index (χ3v) is 3.57. The Morgan fingerprint density at radius 2 is 2.12 bits per heavy atom. The summed E-state index contributed by atoms with van der Waals surface area (Å²) >= 11 is 5.98. The first-order valence-electron chi connectivity index (χ1n) is 7.13. The second-order valence-electron chi connectivity index (χ2n) is 5.20. The molecule has 0 aliphatic rings. The molecule has 24 heavy (non-hydrogen) atoms. The lowest BCUT2D eigenvalue weighted by Gasteiger charge is -2.04. The Morgan fingerprint density at radius 1 is 1.29 bits per heavy atom. The molecular weight excluding hydrogens is 335 g/mol. The molecule has 7 nitrogen and oxygen atoms in total. The monoisotopic (exact) mass is 348 g/mol. The number of nitrogens with zero attached hydrogens (tertiary/aromatic N) is 5. The van der Waals surface area contributed by atoms with Crippen molar-refractivity contribution in [2.24, 2.45) is 0 Å². The van der Waals surface area contributed by atoms with Crippen molar-refractivity contribution in [2.45, 2.75) is 20.0 Å². The van der Waals surface area contributed by atoms with Crippen LogP contribution in [-0.4, -0.2) is 30.5 Å². The molecule has 3 rings (SSSR count). The second-order valence-corrected chi connectivity index (χ2v) is 5.61. The van der Waals surface area contributed by atoms with Crippen LogP contribution in [0.15, 0.2) is 36.8 Å². The number of halogens is 2. The summed E-state index contributed by atoms with van der Waals surface area (Å²) in [5, 5.41) is 11.2. The van der Waals surface area contributed by atoms with E-state index in [1.807, 2.05) is 13.0 Å². The highest BCUT2D eigenvalue weighted by atomic mass is 35.5. The topological polar surface area (TPSA) is 77.6 Å². The molecule has 0 saturated carbocycles. The molecule has 124 valence electrons. The number of nitrogens with one attached hydrogen (secondary N) is 1. The zero-order valence-corrected chi connectivity index (χ0v) is 13.5. The molecule has 1 amide bonds. The average Bonchev–Trinajstić information content (AvgIpc) is 3.11. The van der Waals surface area contributed by atoms with Gasteiger partial charge in [0, 0.05) is 11.2 Å². The molecule has 0 spiro atoms. The molecular formula is C15H14ClFN6O. The number of hydrogen-bond acceptors (Lipinski definition) is 4. The predicted octanol–water partition coefficient (Wildman–Crippen LogP) is 2.26. The van der Waals surface area contributed by atoms with E-state index in [4.69, 9.17) is 11.6 Å². The van der Waals surface area contributed by atoms with Gasteiger partial charge in [-0.25, -0.2) is 14.1 Å². The van der Waals surface area contributed by atoms with Crippen molar-refractivity contribution in [1.29, 1.82) is 0 Å². The number of hydrogen-bond donors (Lipinski definition) is 1. The van der Waals surface area contributed by atoms with Gasteiger partial charge in [0.05, 0.1) is 12.2 Å². The Labute approximate surface area is 142 Å². The lowest BCUT2D eigenvalue weighted by Crippen LogP contribution is -2.20. The van der Waals surface area contributed by atoms with Crippen LogP contribution in [0.1, 0.15) is 11.3 Å². The second kappa shape index (κ2) is 6.79. The van der Waals surface area contributed by atoms with Crippen LogP contribution < -0.4 is 5.32 Å². The van der Waals surface area contributed by atoms with Crippen LogP contribution in [0.2, 0.25) is 5.02 Å². The molecule has 2 aromatic heterocycles. The Bertz CT molecular complexity index is 874. The standard InChI is InChI=1S/C15H14ClFN6O/c1-10-4-5-22(20-10)8-14(24)19-15-18-9-23(21-15)7-11-2-3-12(17)6-13(11)16/h2-6,9H,7-8H2,1H3,(H,19,21,24). The van der Waals surface area contributed by atoms with Gasteiger partial charge in [0.2, 0.25) is 11.9 Å². The van der Waals surface area contributed by atoms with Crippen molar-refractivity contribution >= 4 is 23.5 Å². The summed E-state index contributed by atoms with van der Waals surface area (Å²) in [5.74, 6) is -0.498. The molecule has 0 fully saturated rings. The first kappa shape index (κ1) is 16.1. The van der Waals surface area contributed by atoms with E-state index in [2.05, 4.69) is 20.5 Å². The molecule has 0 aliphatic heterocycles. The highest BCUT2D eigenvalue weighted by molar-refractivity contribution is 6.31. The molecule has 0 aliphatic carbocycles. The van der Waals surface area contributed by atoms with E-state index >= 15 is 0 Å². The maximum atomic E-state index is 13.0. The Kier molecular flexibility index (Phi) is 4.57. The number of rotatable bonds is 5. The zero-order valence-electron chi connectivity index (χ0n) is 12.8. The van der Waals surface area contributed by atoms with Gasteiger partial charge in [-0.1, -0.05) is 17.7 Å². The van der Waals surface area contributed by atoms with Crippen LogP contribution in [-0.2, 0) is 17.9 Å². The minimum absolute atomic E-state index is 0.0756. The van der Waals surface area contributed by atoms with E-state index in [0.29, 0.717) is 17.1 Å². The number of anilines is 1. The highest BCUT2D eigenvalue weighted by Crippen LogP contribution is 2.18. The molecule has 9 heteroatoms. The van der Waals surface area contributed by atoms with Crippen molar-refractivity contribution in [1.82, 2.24) is 24.5 Å². The summed E-state index contributed by atoms with van der Waals surface area (Å²) in [4.78, 5) is 15.9. The fourth-order valence-electron chi connectivity index (χ4n) is 2.12. The summed E-state index contributed by atoms with van der Waals surface area (Å²) in [6, 6.07) is 5.96. The number of aromatic nitrogens is 5. The molecule has 1 N–H and O–H groups in total. The third kappa shape index (κ3) is 3.96. The van der Waals surface area contributed by atoms with E-state index in [-0.39, 0.29) is 18.4 Å². The van der Waals surface area contributed by atoms with E-state index in [1.54, 1.807) is 12.3 Å². The summed E-state index contributed by atoms with van der Waals surface area (Å²) in [5.41, 5.74) is 1.54. The average molecular weight is 349 g/mol. The summed E-state index contributed by atoms with van der Waals surface area (Å²) in [6.07, 6.45) is 3.19. The summed E-state index contributed by atoms with van der Waals surface area (Å²) in [6.45, 7) is 2.24. The lowest BCUT2D eigenvalue weighted by atomic mass is 10.2. The molecule has 0 unspecified atom stereocenters. The highest BCUT2D eigenvalue weighted by Gasteiger charge is 2.09.